The Bertz CT molecular complexity index is 691. The van der Waals surface area contributed by atoms with E-state index in [0.717, 1.165) is 29.1 Å². The molecule has 0 aliphatic heterocycles. The molecule has 0 heterocycles. The second kappa shape index (κ2) is 7.03. The monoisotopic (exact) mass is 370 g/mol. The van der Waals surface area contributed by atoms with Crippen LogP contribution in [0.15, 0.2) is 30.3 Å². The summed E-state index contributed by atoms with van der Waals surface area (Å²) in [6.07, 6.45) is 11.1. The summed E-state index contributed by atoms with van der Waals surface area (Å²) >= 11 is 5.44. The fourth-order valence-corrected chi connectivity index (χ4v) is 5.89. The van der Waals surface area contributed by atoms with E-state index in [1.54, 1.807) is 13.2 Å². The molecule has 1 amide bonds. The van der Waals surface area contributed by atoms with Crippen molar-refractivity contribution in [2.45, 2.75) is 44.1 Å². The van der Waals surface area contributed by atoms with Crippen molar-refractivity contribution in [2.24, 2.45) is 17.8 Å². The highest BCUT2D eigenvalue weighted by Crippen LogP contribution is 2.55. The summed E-state index contributed by atoms with van der Waals surface area (Å²) < 4.78 is 5.13. The third-order valence-corrected chi connectivity index (χ3v) is 6.40. The molecule has 4 saturated carbocycles. The Morgan fingerprint density at radius 3 is 2.23 bits per heavy atom. The second-order valence-electron chi connectivity index (χ2n) is 8.25. The lowest BCUT2D eigenvalue weighted by molar-refractivity contribution is -0.115. The van der Waals surface area contributed by atoms with Crippen LogP contribution in [0.3, 0.4) is 0 Å². The number of rotatable bonds is 4. The van der Waals surface area contributed by atoms with E-state index in [1.165, 1.54) is 44.6 Å². The molecule has 0 radical (unpaired) electrons. The fourth-order valence-electron chi connectivity index (χ4n) is 5.58. The van der Waals surface area contributed by atoms with Gasteiger partial charge in [0.1, 0.15) is 5.75 Å². The molecule has 5 heteroatoms. The lowest BCUT2D eigenvalue weighted by Gasteiger charge is -2.57. The number of methoxy groups -OCH3 is 1. The van der Waals surface area contributed by atoms with Crippen LogP contribution in [-0.2, 0) is 4.79 Å². The van der Waals surface area contributed by atoms with Gasteiger partial charge in [-0.25, -0.2) is 0 Å². The lowest BCUT2D eigenvalue weighted by atomic mass is 9.53. The van der Waals surface area contributed by atoms with Crippen molar-refractivity contribution in [2.75, 3.05) is 7.11 Å². The second-order valence-corrected chi connectivity index (χ2v) is 8.66. The maximum Gasteiger partial charge on any atom is 0.250 e. The molecular formula is C21H26N2O2S. The molecule has 4 nitrogen and oxygen atoms in total. The largest absolute Gasteiger partial charge is 0.497 e. The number of benzene rings is 1. The van der Waals surface area contributed by atoms with Gasteiger partial charge in [0.25, 0.3) is 0 Å². The van der Waals surface area contributed by atoms with Crippen LogP contribution < -0.4 is 15.4 Å². The van der Waals surface area contributed by atoms with E-state index >= 15 is 0 Å². The van der Waals surface area contributed by atoms with Crippen molar-refractivity contribution < 1.29 is 9.53 Å². The summed E-state index contributed by atoms with van der Waals surface area (Å²) in [6.45, 7) is 0. The SMILES string of the molecule is COc1ccc(/C=C/C(=O)NC(=S)NC23CC4CC(CC(C4)C2)C3)cc1. The van der Waals surface area contributed by atoms with Crippen molar-refractivity contribution in [3.8, 4) is 5.75 Å². The van der Waals surface area contributed by atoms with E-state index in [4.69, 9.17) is 17.0 Å². The van der Waals surface area contributed by atoms with Crippen LogP contribution in [0.4, 0.5) is 0 Å². The Labute approximate surface area is 160 Å². The van der Waals surface area contributed by atoms with Gasteiger partial charge in [-0.05, 0) is 92.3 Å². The maximum absolute atomic E-state index is 12.2. The van der Waals surface area contributed by atoms with Gasteiger partial charge >= 0.3 is 0 Å². The molecule has 4 aliphatic carbocycles. The predicted molar refractivity (Wildman–Crippen MR) is 107 cm³/mol. The van der Waals surface area contributed by atoms with Crippen molar-refractivity contribution in [1.29, 1.82) is 0 Å². The molecule has 0 saturated heterocycles. The summed E-state index contributed by atoms with van der Waals surface area (Å²) in [6, 6.07) is 7.57. The van der Waals surface area contributed by atoms with E-state index in [1.807, 2.05) is 24.3 Å². The molecule has 5 rings (SSSR count). The van der Waals surface area contributed by atoms with Gasteiger partial charge < -0.3 is 10.1 Å². The maximum atomic E-state index is 12.2. The van der Waals surface area contributed by atoms with Crippen molar-refractivity contribution in [1.82, 2.24) is 10.6 Å². The molecule has 138 valence electrons. The van der Waals surface area contributed by atoms with Gasteiger partial charge in [0.2, 0.25) is 5.91 Å². The summed E-state index contributed by atoms with van der Waals surface area (Å²) in [5, 5.41) is 6.80. The number of amides is 1. The number of nitrogens with one attached hydrogen (secondary N) is 2. The Balaban J connectivity index is 1.31. The van der Waals surface area contributed by atoms with Gasteiger partial charge in [0.15, 0.2) is 5.11 Å². The third-order valence-electron chi connectivity index (χ3n) is 6.20. The Morgan fingerprint density at radius 2 is 1.69 bits per heavy atom. The minimum absolute atomic E-state index is 0.124. The number of hydrogen-bond donors (Lipinski definition) is 2. The smallest absolute Gasteiger partial charge is 0.250 e. The fraction of sp³-hybridized carbons (Fsp3) is 0.524. The normalized spacial score (nSPS) is 31.8. The Hall–Kier alpha value is -1.88. The highest BCUT2D eigenvalue weighted by atomic mass is 32.1. The summed E-state index contributed by atoms with van der Waals surface area (Å²) in [7, 11) is 1.63. The summed E-state index contributed by atoms with van der Waals surface area (Å²) in [4.78, 5) is 12.2. The average Bonchev–Trinajstić information content (AvgIpc) is 2.58. The molecule has 4 fully saturated rings. The first kappa shape index (κ1) is 17.5. The standard InChI is InChI=1S/C21H26N2O2S/c1-25-18-5-2-14(3-6-18)4-7-19(24)22-20(26)23-21-11-15-8-16(12-21)10-17(9-15)13-21/h2-7,15-17H,8-13H2,1H3,(H2,22,23,24,26)/b7-4+. The van der Waals surface area contributed by atoms with Gasteiger partial charge in [-0.3, -0.25) is 10.1 Å². The van der Waals surface area contributed by atoms with E-state index in [-0.39, 0.29) is 11.4 Å². The number of carbonyl (C=O) groups is 1. The predicted octanol–water partition coefficient (Wildman–Crippen LogP) is 3.67. The van der Waals surface area contributed by atoms with Crippen LogP contribution >= 0.6 is 12.2 Å². The number of carbonyl (C=O) groups excluding carboxylic acids is 1. The molecule has 4 aliphatic rings. The number of thiocarbonyl (C=S) groups is 1. The molecule has 0 unspecified atom stereocenters. The third kappa shape index (κ3) is 3.78. The van der Waals surface area contributed by atoms with E-state index in [2.05, 4.69) is 10.6 Å². The summed E-state index contributed by atoms with van der Waals surface area (Å²) in [5.41, 5.74) is 1.07. The number of hydrogen-bond acceptors (Lipinski definition) is 3. The van der Waals surface area contributed by atoms with Crippen molar-refractivity contribution in [3.63, 3.8) is 0 Å². The average molecular weight is 371 g/mol. The minimum Gasteiger partial charge on any atom is -0.497 e. The number of ether oxygens (including phenoxy) is 1. The summed E-state index contributed by atoms with van der Waals surface area (Å²) in [5.74, 6) is 3.15. The highest BCUT2D eigenvalue weighted by molar-refractivity contribution is 7.80. The van der Waals surface area contributed by atoms with Crippen LogP contribution in [0, 0.1) is 17.8 Å². The van der Waals surface area contributed by atoms with Crippen molar-refractivity contribution >= 4 is 29.3 Å². The zero-order valence-corrected chi connectivity index (χ0v) is 16.0. The highest BCUT2D eigenvalue weighted by Gasteiger charge is 2.51. The molecule has 0 spiro atoms. The van der Waals surface area contributed by atoms with Gasteiger partial charge in [0, 0.05) is 11.6 Å². The van der Waals surface area contributed by atoms with Gasteiger partial charge in [-0.1, -0.05) is 12.1 Å². The lowest BCUT2D eigenvalue weighted by Crippen LogP contribution is -2.61. The first-order valence-electron chi connectivity index (χ1n) is 9.49. The zero-order chi connectivity index (χ0) is 18.1. The quantitative estimate of drug-likeness (QED) is 0.627. The Kier molecular flexibility index (Phi) is 4.74. The molecule has 1 aromatic carbocycles. The first-order valence-corrected chi connectivity index (χ1v) is 9.90. The van der Waals surface area contributed by atoms with Crippen LogP contribution in [0.25, 0.3) is 6.08 Å². The van der Waals surface area contributed by atoms with Gasteiger partial charge in [-0.15, -0.1) is 0 Å². The molecular weight excluding hydrogens is 344 g/mol. The molecule has 0 aromatic heterocycles. The molecule has 4 bridgehead atoms. The van der Waals surface area contributed by atoms with Gasteiger partial charge in [0.05, 0.1) is 7.11 Å². The molecule has 1 aromatic rings. The van der Waals surface area contributed by atoms with Crippen molar-refractivity contribution in [3.05, 3.63) is 35.9 Å². The van der Waals surface area contributed by atoms with E-state index in [9.17, 15) is 4.79 Å². The topological polar surface area (TPSA) is 50.4 Å². The van der Waals surface area contributed by atoms with Crippen LogP contribution in [-0.4, -0.2) is 23.7 Å². The first-order chi connectivity index (χ1) is 12.5. The van der Waals surface area contributed by atoms with Crippen LogP contribution in [0.5, 0.6) is 5.75 Å². The van der Waals surface area contributed by atoms with Crippen LogP contribution in [0.1, 0.15) is 44.1 Å². The van der Waals surface area contributed by atoms with Crippen LogP contribution in [0.2, 0.25) is 0 Å². The van der Waals surface area contributed by atoms with Gasteiger partial charge in [-0.2, -0.15) is 0 Å². The molecule has 2 N–H and O–H groups in total. The molecule has 0 atom stereocenters. The zero-order valence-electron chi connectivity index (χ0n) is 15.2. The minimum atomic E-state index is -0.192. The Morgan fingerprint density at radius 1 is 1.12 bits per heavy atom. The van der Waals surface area contributed by atoms with E-state index < -0.39 is 0 Å². The molecule has 26 heavy (non-hydrogen) atoms. The van der Waals surface area contributed by atoms with E-state index in [0.29, 0.717) is 5.11 Å².